The molecule has 3 aromatic rings. The van der Waals surface area contributed by atoms with Gasteiger partial charge in [-0.15, -0.1) is 0 Å². The van der Waals surface area contributed by atoms with Crippen LogP contribution in [0.15, 0.2) is 48.8 Å². The summed E-state index contributed by atoms with van der Waals surface area (Å²) in [5.41, 5.74) is 0. The minimum atomic E-state index is -1.72. The molecule has 0 atom stereocenters. The van der Waals surface area contributed by atoms with Crippen LogP contribution in [-0.4, -0.2) is 15.0 Å². The predicted molar refractivity (Wildman–Crippen MR) is 83.1 cm³/mol. The molecule has 0 radical (unpaired) electrons. The molecule has 0 fully saturated rings. The first-order valence-electron chi connectivity index (χ1n) is 5.95. The van der Waals surface area contributed by atoms with Gasteiger partial charge in [-0.3, -0.25) is 0 Å². The smallest absolute Gasteiger partial charge is 0.325 e. The SMILES string of the molecule is ClC(Cl)(Cl)c1ncnc(Oc2ccc3ccccc3c2)n1. The summed E-state index contributed by atoms with van der Waals surface area (Å²) >= 11 is 17.2. The number of ether oxygens (including phenoxy) is 1. The lowest BCUT2D eigenvalue weighted by atomic mass is 10.1. The molecule has 0 amide bonds. The Morgan fingerprint density at radius 3 is 2.43 bits per heavy atom. The van der Waals surface area contributed by atoms with Crippen molar-refractivity contribution in [2.45, 2.75) is 3.79 Å². The first kappa shape index (κ1) is 14.3. The van der Waals surface area contributed by atoms with Crippen LogP contribution in [-0.2, 0) is 3.79 Å². The Morgan fingerprint density at radius 1 is 0.905 bits per heavy atom. The van der Waals surface area contributed by atoms with Crippen LogP contribution < -0.4 is 4.74 Å². The van der Waals surface area contributed by atoms with E-state index in [2.05, 4.69) is 15.0 Å². The molecule has 0 bridgehead atoms. The number of hydrogen-bond donors (Lipinski definition) is 0. The average Bonchev–Trinajstić information content (AvgIpc) is 2.46. The molecular formula is C14H8Cl3N3O. The van der Waals surface area contributed by atoms with Crippen molar-refractivity contribution in [1.82, 2.24) is 15.0 Å². The van der Waals surface area contributed by atoms with E-state index < -0.39 is 3.79 Å². The van der Waals surface area contributed by atoms with Gasteiger partial charge < -0.3 is 4.74 Å². The second-order valence-electron chi connectivity index (χ2n) is 4.20. The third-order valence-electron chi connectivity index (χ3n) is 2.73. The molecular weight excluding hydrogens is 333 g/mol. The largest absolute Gasteiger partial charge is 0.424 e. The zero-order chi connectivity index (χ0) is 14.9. The molecule has 0 aliphatic heterocycles. The quantitative estimate of drug-likeness (QED) is 0.637. The van der Waals surface area contributed by atoms with Crippen molar-refractivity contribution in [2.75, 3.05) is 0 Å². The number of nitrogens with zero attached hydrogens (tertiary/aromatic N) is 3. The number of hydrogen-bond acceptors (Lipinski definition) is 4. The lowest BCUT2D eigenvalue weighted by molar-refractivity contribution is 0.437. The third-order valence-corrected chi connectivity index (χ3v) is 3.24. The van der Waals surface area contributed by atoms with Gasteiger partial charge in [0.2, 0.25) is 3.79 Å². The number of halogens is 3. The maximum absolute atomic E-state index is 5.73. The van der Waals surface area contributed by atoms with Crippen LogP contribution >= 0.6 is 34.8 Å². The van der Waals surface area contributed by atoms with Gasteiger partial charge in [0, 0.05) is 0 Å². The number of rotatable bonds is 2. The molecule has 0 unspecified atom stereocenters. The van der Waals surface area contributed by atoms with Gasteiger partial charge in [-0.2, -0.15) is 9.97 Å². The molecule has 1 heterocycles. The van der Waals surface area contributed by atoms with Crippen molar-refractivity contribution < 1.29 is 4.74 Å². The van der Waals surface area contributed by atoms with Crippen LogP contribution in [0.4, 0.5) is 0 Å². The molecule has 21 heavy (non-hydrogen) atoms. The van der Waals surface area contributed by atoms with E-state index in [1.165, 1.54) is 6.33 Å². The van der Waals surface area contributed by atoms with Gasteiger partial charge in [0.15, 0.2) is 5.82 Å². The van der Waals surface area contributed by atoms with E-state index in [1.807, 2.05) is 42.5 Å². The van der Waals surface area contributed by atoms with Gasteiger partial charge in [0.1, 0.15) is 12.1 Å². The molecule has 4 nitrogen and oxygen atoms in total. The van der Waals surface area contributed by atoms with E-state index in [9.17, 15) is 0 Å². The molecule has 0 aliphatic carbocycles. The van der Waals surface area contributed by atoms with Crippen LogP contribution in [0, 0.1) is 0 Å². The van der Waals surface area contributed by atoms with Gasteiger partial charge in [0.05, 0.1) is 0 Å². The molecule has 0 saturated carbocycles. The molecule has 0 spiro atoms. The molecule has 106 valence electrons. The number of alkyl halides is 3. The molecule has 3 rings (SSSR count). The molecule has 0 aliphatic rings. The average molecular weight is 341 g/mol. The highest BCUT2D eigenvalue weighted by molar-refractivity contribution is 6.66. The Labute approximate surface area is 135 Å². The van der Waals surface area contributed by atoms with E-state index in [-0.39, 0.29) is 11.8 Å². The predicted octanol–water partition coefficient (Wildman–Crippen LogP) is 4.64. The van der Waals surface area contributed by atoms with E-state index in [0.29, 0.717) is 5.75 Å². The Morgan fingerprint density at radius 2 is 1.67 bits per heavy atom. The lowest BCUT2D eigenvalue weighted by Gasteiger charge is -2.10. The summed E-state index contributed by atoms with van der Waals surface area (Å²) in [6.45, 7) is 0. The number of benzene rings is 2. The van der Waals surface area contributed by atoms with E-state index in [1.54, 1.807) is 0 Å². The molecule has 1 aromatic heterocycles. The van der Waals surface area contributed by atoms with Crippen LogP contribution in [0.5, 0.6) is 11.8 Å². The van der Waals surface area contributed by atoms with Crippen molar-refractivity contribution in [2.24, 2.45) is 0 Å². The summed E-state index contributed by atoms with van der Waals surface area (Å²) < 4.78 is 3.87. The third kappa shape index (κ3) is 3.35. The summed E-state index contributed by atoms with van der Waals surface area (Å²) in [5.74, 6) is 0.605. The molecule has 0 saturated heterocycles. The second-order valence-corrected chi connectivity index (χ2v) is 6.48. The topological polar surface area (TPSA) is 47.9 Å². The van der Waals surface area contributed by atoms with Crippen molar-refractivity contribution in [1.29, 1.82) is 0 Å². The van der Waals surface area contributed by atoms with Crippen LogP contribution in [0.3, 0.4) is 0 Å². The van der Waals surface area contributed by atoms with Gasteiger partial charge in [0.25, 0.3) is 0 Å². The zero-order valence-corrected chi connectivity index (χ0v) is 12.8. The van der Waals surface area contributed by atoms with Gasteiger partial charge in [-0.1, -0.05) is 65.1 Å². The maximum Gasteiger partial charge on any atom is 0.325 e. The van der Waals surface area contributed by atoms with Crippen LogP contribution in [0.25, 0.3) is 10.8 Å². The van der Waals surface area contributed by atoms with Gasteiger partial charge in [-0.05, 0) is 22.9 Å². The Hall–Kier alpha value is -1.62. The summed E-state index contributed by atoms with van der Waals surface area (Å²) in [7, 11) is 0. The first-order chi connectivity index (χ1) is 10.0. The zero-order valence-electron chi connectivity index (χ0n) is 10.5. The normalized spacial score (nSPS) is 11.6. The van der Waals surface area contributed by atoms with Gasteiger partial charge >= 0.3 is 6.01 Å². The molecule has 2 aromatic carbocycles. The summed E-state index contributed by atoms with van der Waals surface area (Å²) in [4.78, 5) is 11.7. The maximum atomic E-state index is 5.73. The summed E-state index contributed by atoms with van der Waals surface area (Å²) in [5, 5.41) is 2.16. The molecule has 0 N–H and O–H groups in total. The van der Waals surface area contributed by atoms with E-state index >= 15 is 0 Å². The van der Waals surface area contributed by atoms with Crippen molar-refractivity contribution >= 4 is 45.6 Å². The van der Waals surface area contributed by atoms with Crippen molar-refractivity contribution in [3.05, 3.63) is 54.6 Å². The number of aromatic nitrogens is 3. The monoisotopic (exact) mass is 339 g/mol. The second kappa shape index (κ2) is 5.64. The fourth-order valence-corrected chi connectivity index (χ4v) is 2.08. The highest BCUT2D eigenvalue weighted by Gasteiger charge is 2.27. The number of fused-ring (bicyclic) bond motifs is 1. The Balaban J connectivity index is 1.91. The minimum Gasteiger partial charge on any atom is -0.424 e. The summed E-state index contributed by atoms with van der Waals surface area (Å²) in [6, 6.07) is 13.7. The van der Waals surface area contributed by atoms with Gasteiger partial charge in [-0.25, -0.2) is 4.98 Å². The first-order valence-corrected chi connectivity index (χ1v) is 7.09. The standard InChI is InChI=1S/C14H8Cl3N3O/c15-14(16,17)12-18-8-19-13(20-12)21-11-6-5-9-3-1-2-4-10(9)7-11/h1-8H. The fraction of sp³-hybridized carbons (Fsp3) is 0.0714. The highest BCUT2D eigenvalue weighted by Crippen LogP contribution is 2.36. The van der Waals surface area contributed by atoms with Crippen LogP contribution in [0.1, 0.15) is 5.82 Å². The Kier molecular flexibility index (Phi) is 3.85. The highest BCUT2D eigenvalue weighted by atomic mass is 35.6. The fourth-order valence-electron chi connectivity index (χ4n) is 1.80. The lowest BCUT2D eigenvalue weighted by Crippen LogP contribution is -2.08. The van der Waals surface area contributed by atoms with Crippen molar-refractivity contribution in [3.63, 3.8) is 0 Å². The minimum absolute atomic E-state index is 0.0123. The Bertz CT molecular complexity index is 790. The van der Waals surface area contributed by atoms with Crippen molar-refractivity contribution in [3.8, 4) is 11.8 Å². The molecule has 7 heteroatoms. The van der Waals surface area contributed by atoms with E-state index in [0.717, 1.165) is 10.8 Å². The van der Waals surface area contributed by atoms with E-state index in [4.69, 9.17) is 39.5 Å². The van der Waals surface area contributed by atoms with Crippen LogP contribution in [0.2, 0.25) is 0 Å². The summed E-state index contributed by atoms with van der Waals surface area (Å²) in [6.07, 6.45) is 1.24.